The van der Waals surface area contributed by atoms with E-state index in [0.717, 1.165) is 19.4 Å². The normalized spacial score (nSPS) is 17.4. The highest BCUT2D eigenvalue weighted by molar-refractivity contribution is 6.35. The van der Waals surface area contributed by atoms with Gasteiger partial charge in [-0.25, -0.2) is 0 Å². The summed E-state index contributed by atoms with van der Waals surface area (Å²) in [6, 6.07) is 5.28. The fourth-order valence-electron chi connectivity index (χ4n) is 1.95. The summed E-state index contributed by atoms with van der Waals surface area (Å²) in [7, 11) is 0. The number of ether oxygens (including phenoxy) is 1. The number of hydrogen-bond acceptors (Lipinski definition) is 3. The summed E-state index contributed by atoms with van der Waals surface area (Å²) in [4.78, 5) is 11.6. The van der Waals surface area contributed by atoms with Crippen molar-refractivity contribution in [2.45, 2.75) is 18.9 Å². The van der Waals surface area contributed by atoms with Crippen LogP contribution >= 0.6 is 35.6 Å². The first-order valence-electron chi connectivity index (χ1n) is 6.23. The molecule has 20 heavy (non-hydrogen) atoms. The minimum absolute atomic E-state index is 0. The Balaban J connectivity index is 0.00000200. The molecule has 0 saturated carbocycles. The second-order valence-electron chi connectivity index (χ2n) is 4.46. The van der Waals surface area contributed by atoms with Crippen LogP contribution in [0.25, 0.3) is 0 Å². The fraction of sp³-hybridized carbons (Fsp3) is 0.462. The summed E-state index contributed by atoms with van der Waals surface area (Å²) >= 11 is 11.7. The standard InChI is InChI=1S/C13H16Cl2N2O2.ClH/c14-9-3-4-12(11(15)6-9)19-8-13(18)17-7-10-2-1-5-16-10;/h3-4,6,10,16H,1-2,5,7-8H2,(H,17,18);1H. The quantitative estimate of drug-likeness (QED) is 0.867. The largest absolute Gasteiger partial charge is 0.482 e. The van der Waals surface area contributed by atoms with Crippen molar-refractivity contribution in [3.8, 4) is 5.75 Å². The van der Waals surface area contributed by atoms with Gasteiger partial charge in [-0.2, -0.15) is 0 Å². The van der Waals surface area contributed by atoms with Crippen LogP contribution in [0.5, 0.6) is 5.75 Å². The van der Waals surface area contributed by atoms with Crippen LogP contribution in [-0.4, -0.2) is 31.6 Å². The van der Waals surface area contributed by atoms with Gasteiger partial charge in [0.15, 0.2) is 6.61 Å². The molecule has 112 valence electrons. The average molecular weight is 340 g/mol. The highest BCUT2D eigenvalue weighted by Crippen LogP contribution is 2.27. The van der Waals surface area contributed by atoms with Gasteiger partial charge in [0.1, 0.15) is 5.75 Å². The molecule has 0 spiro atoms. The van der Waals surface area contributed by atoms with Gasteiger partial charge < -0.3 is 15.4 Å². The number of rotatable bonds is 5. The van der Waals surface area contributed by atoms with Gasteiger partial charge in [-0.05, 0) is 37.6 Å². The number of carbonyl (C=O) groups excluding carboxylic acids is 1. The van der Waals surface area contributed by atoms with Crippen molar-refractivity contribution in [3.63, 3.8) is 0 Å². The number of amides is 1. The highest BCUT2D eigenvalue weighted by atomic mass is 35.5. The van der Waals surface area contributed by atoms with E-state index >= 15 is 0 Å². The second-order valence-corrected chi connectivity index (χ2v) is 5.30. The molecule has 2 N–H and O–H groups in total. The lowest BCUT2D eigenvalue weighted by Gasteiger charge is -2.12. The summed E-state index contributed by atoms with van der Waals surface area (Å²) < 4.78 is 5.35. The SMILES string of the molecule is Cl.O=C(COc1ccc(Cl)cc1Cl)NCC1CCCN1. The molecule has 1 aromatic carbocycles. The van der Waals surface area contributed by atoms with E-state index in [1.807, 2.05) is 0 Å². The predicted octanol–water partition coefficient (Wildman–Crippen LogP) is 2.66. The minimum atomic E-state index is -0.153. The highest BCUT2D eigenvalue weighted by Gasteiger charge is 2.14. The predicted molar refractivity (Wildman–Crippen MR) is 83.2 cm³/mol. The molecule has 1 aliphatic rings. The third-order valence-corrected chi connectivity index (χ3v) is 3.49. The number of hydrogen-bond donors (Lipinski definition) is 2. The van der Waals surface area contributed by atoms with Gasteiger partial charge >= 0.3 is 0 Å². The first-order chi connectivity index (χ1) is 9.15. The topological polar surface area (TPSA) is 50.4 Å². The monoisotopic (exact) mass is 338 g/mol. The Morgan fingerprint density at radius 3 is 2.90 bits per heavy atom. The van der Waals surface area contributed by atoms with Gasteiger partial charge in [0, 0.05) is 17.6 Å². The maximum Gasteiger partial charge on any atom is 0.257 e. The van der Waals surface area contributed by atoms with E-state index < -0.39 is 0 Å². The molecule has 2 rings (SSSR count). The molecule has 4 nitrogen and oxygen atoms in total. The van der Waals surface area contributed by atoms with Crippen LogP contribution < -0.4 is 15.4 Å². The third-order valence-electron chi connectivity index (χ3n) is 2.96. The first kappa shape index (κ1) is 17.4. The number of nitrogens with one attached hydrogen (secondary N) is 2. The lowest BCUT2D eigenvalue weighted by molar-refractivity contribution is -0.123. The van der Waals surface area contributed by atoms with E-state index in [1.165, 1.54) is 0 Å². The van der Waals surface area contributed by atoms with Gasteiger partial charge in [-0.3, -0.25) is 4.79 Å². The molecule has 0 bridgehead atoms. The maximum atomic E-state index is 11.6. The summed E-state index contributed by atoms with van der Waals surface area (Å²) in [6.45, 7) is 1.61. The third kappa shape index (κ3) is 5.37. The summed E-state index contributed by atoms with van der Waals surface area (Å²) in [5.74, 6) is 0.305. The van der Waals surface area contributed by atoms with Crippen molar-refractivity contribution in [1.29, 1.82) is 0 Å². The Labute approximate surface area is 134 Å². The van der Waals surface area contributed by atoms with Crippen molar-refractivity contribution >= 4 is 41.5 Å². The summed E-state index contributed by atoms with van der Waals surface area (Å²) in [6.07, 6.45) is 2.27. The Bertz CT molecular complexity index is 451. The van der Waals surface area contributed by atoms with Gasteiger partial charge in [-0.15, -0.1) is 12.4 Å². The van der Waals surface area contributed by atoms with E-state index in [9.17, 15) is 4.79 Å². The molecule has 1 atom stereocenters. The van der Waals surface area contributed by atoms with Crippen LogP contribution in [0, 0.1) is 0 Å². The fourth-order valence-corrected chi connectivity index (χ4v) is 2.42. The van der Waals surface area contributed by atoms with E-state index in [-0.39, 0.29) is 24.9 Å². The molecule has 1 aliphatic heterocycles. The lowest BCUT2D eigenvalue weighted by Crippen LogP contribution is -2.39. The molecular weight excluding hydrogens is 323 g/mol. The molecule has 1 aromatic rings. The van der Waals surface area contributed by atoms with E-state index in [1.54, 1.807) is 18.2 Å². The van der Waals surface area contributed by atoms with Gasteiger partial charge in [0.2, 0.25) is 0 Å². The molecule has 1 amide bonds. The van der Waals surface area contributed by atoms with Crippen molar-refractivity contribution in [2.24, 2.45) is 0 Å². The van der Waals surface area contributed by atoms with E-state index in [0.29, 0.717) is 28.4 Å². The van der Waals surface area contributed by atoms with Crippen LogP contribution in [0.4, 0.5) is 0 Å². The molecule has 1 saturated heterocycles. The van der Waals surface area contributed by atoms with Gasteiger partial charge in [0.25, 0.3) is 5.91 Å². The van der Waals surface area contributed by atoms with Crippen molar-refractivity contribution in [1.82, 2.24) is 10.6 Å². The first-order valence-corrected chi connectivity index (χ1v) is 6.98. The van der Waals surface area contributed by atoms with Crippen molar-refractivity contribution < 1.29 is 9.53 Å². The van der Waals surface area contributed by atoms with Crippen LogP contribution in [0.3, 0.4) is 0 Å². The molecule has 0 aromatic heterocycles. The Kier molecular flexibility index (Phi) is 7.45. The molecule has 1 fully saturated rings. The van der Waals surface area contributed by atoms with E-state index in [4.69, 9.17) is 27.9 Å². The number of benzene rings is 1. The van der Waals surface area contributed by atoms with Crippen molar-refractivity contribution in [2.75, 3.05) is 19.7 Å². The average Bonchev–Trinajstić information content (AvgIpc) is 2.88. The summed E-state index contributed by atoms with van der Waals surface area (Å²) in [5, 5.41) is 7.08. The van der Waals surface area contributed by atoms with Crippen LogP contribution in [0.2, 0.25) is 10.0 Å². The zero-order valence-electron chi connectivity index (χ0n) is 10.8. The molecular formula is C13H17Cl3N2O2. The molecule has 1 heterocycles. The lowest BCUT2D eigenvalue weighted by atomic mass is 10.2. The van der Waals surface area contributed by atoms with Crippen LogP contribution in [-0.2, 0) is 4.79 Å². The van der Waals surface area contributed by atoms with Gasteiger partial charge in [0.05, 0.1) is 5.02 Å². The number of halogens is 3. The van der Waals surface area contributed by atoms with Crippen molar-refractivity contribution in [3.05, 3.63) is 28.2 Å². The smallest absolute Gasteiger partial charge is 0.257 e. The molecule has 0 radical (unpaired) electrons. The molecule has 7 heteroatoms. The van der Waals surface area contributed by atoms with E-state index in [2.05, 4.69) is 10.6 Å². The van der Waals surface area contributed by atoms with Gasteiger partial charge in [-0.1, -0.05) is 23.2 Å². The number of carbonyl (C=O) groups is 1. The Morgan fingerprint density at radius 2 is 2.25 bits per heavy atom. The second kappa shape index (κ2) is 8.57. The molecule has 0 aliphatic carbocycles. The maximum absolute atomic E-state index is 11.6. The Hall–Kier alpha value is -0.680. The molecule has 1 unspecified atom stereocenters. The van der Waals surface area contributed by atoms with Crippen LogP contribution in [0.15, 0.2) is 18.2 Å². The Morgan fingerprint density at radius 1 is 1.45 bits per heavy atom. The summed E-state index contributed by atoms with van der Waals surface area (Å²) in [5.41, 5.74) is 0. The zero-order valence-corrected chi connectivity index (χ0v) is 13.2. The minimum Gasteiger partial charge on any atom is -0.482 e. The zero-order chi connectivity index (χ0) is 13.7. The van der Waals surface area contributed by atoms with Crippen LogP contribution in [0.1, 0.15) is 12.8 Å².